The van der Waals surface area contributed by atoms with Crippen molar-refractivity contribution in [1.29, 1.82) is 0 Å². The Kier molecular flexibility index (Phi) is 7.02. The molecule has 2 aromatic rings. The van der Waals surface area contributed by atoms with Crippen LogP contribution in [0.25, 0.3) is 0 Å². The van der Waals surface area contributed by atoms with E-state index in [1.54, 1.807) is 24.0 Å². The maximum absolute atomic E-state index is 12.8. The van der Waals surface area contributed by atoms with E-state index in [1.165, 1.54) is 7.11 Å². The van der Waals surface area contributed by atoms with Gasteiger partial charge in [-0.15, -0.1) is 0 Å². The zero-order valence-corrected chi connectivity index (χ0v) is 15.2. The fourth-order valence-electron chi connectivity index (χ4n) is 2.55. The first-order valence-electron chi connectivity index (χ1n) is 8.13. The quantitative estimate of drug-likeness (QED) is 0.708. The van der Waals surface area contributed by atoms with Crippen LogP contribution in [-0.2, 0) is 27.3 Å². The summed E-state index contributed by atoms with van der Waals surface area (Å²) < 4.78 is 4.78. The number of esters is 1. The predicted molar refractivity (Wildman–Crippen MR) is 98.2 cm³/mol. The van der Waals surface area contributed by atoms with Crippen molar-refractivity contribution in [3.63, 3.8) is 0 Å². The Balaban J connectivity index is 2.13. The second-order valence-electron chi connectivity index (χ2n) is 5.99. The summed E-state index contributed by atoms with van der Waals surface area (Å²) in [7, 11) is 1.36. The number of methoxy groups -OCH3 is 1. The number of rotatable bonds is 7. The number of halogens is 1. The fraction of sp³-hybridized carbons (Fsp3) is 0.300. The highest BCUT2D eigenvalue weighted by atomic mass is 35.5. The van der Waals surface area contributed by atoms with E-state index >= 15 is 0 Å². The van der Waals surface area contributed by atoms with Gasteiger partial charge in [-0.2, -0.15) is 0 Å². The first kappa shape index (κ1) is 19.0. The van der Waals surface area contributed by atoms with Gasteiger partial charge in [0.1, 0.15) is 0 Å². The molecular formula is C20H22ClNO3. The van der Waals surface area contributed by atoms with Crippen LogP contribution in [-0.4, -0.2) is 30.4 Å². The van der Waals surface area contributed by atoms with Crippen LogP contribution in [0.4, 0.5) is 0 Å². The minimum absolute atomic E-state index is 0.0306. The normalized spacial score (nSPS) is 11.6. The molecule has 0 radical (unpaired) electrons. The summed E-state index contributed by atoms with van der Waals surface area (Å²) in [6, 6.07) is 16.9. The first-order chi connectivity index (χ1) is 12.0. The summed E-state index contributed by atoms with van der Waals surface area (Å²) in [6.07, 6.45) is 0.294. The highest BCUT2D eigenvalue weighted by molar-refractivity contribution is 6.30. The molecule has 1 atom stereocenters. The number of benzene rings is 2. The summed E-state index contributed by atoms with van der Waals surface area (Å²) in [4.78, 5) is 26.2. The molecule has 5 heteroatoms. The van der Waals surface area contributed by atoms with Crippen molar-refractivity contribution in [3.05, 3.63) is 70.7 Å². The molecule has 0 saturated carbocycles. The monoisotopic (exact) mass is 359 g/mol. The number of hydrogen-bond donors (Lipinski definition) is 0. The average Bonchev–Trinajstić information content (AvgIpc) is 2.62. The third-order valence-corrected chi connectivity index (χ3v) is 4.19. The molecule has 1 unspecified atom stereocenters. The molecule has 0 aliphatic rings. The van der Waals surface area contributed by atoms with Crippen LogP contribution in [0.15, 0.2) is 54.6 Å². The number of nitrogens with zero attached hydrogens (tertiary/aromatic N) is 1. The number of carbonyl (C=O) groups is 2. The highest BCUT2D eigenvalue weighted by Gasteiger charge is 2.22. The van der Waals surface area contributed by atoms with Crippen molar-refractivity contribution in [3.8, 4) is 0 Å². The lowest BCUT2D eigenvalue weighted by Gasteiger charge is -2.25. The molecule has 132 valence electrons. The molecule has 0 saturated heterocycles. The molecule has 2 rings (SSSR count). The standard InChI is InChI=1S/C20H22ClNO3/c1-15(20(24)25-2)13-22(14-17-8-10-18(21)11-9-17)19(23)12-16-6-4-3-5-7-16/h3-11,15H,12-14H2,1-2H3. The largest absolute Gasteiger partial charge is 0.469 e. The van der Waals surface area contributed by atoms with Gasteiger partial charge in [0.05, 0.1) is 19.4 Å². The van der Waals surface area contributed by atoms with Crippen LogP contribution >= 0.6 is 11.6 Å². The SMILES string of the molecule is COC(=O)C(C)CN(Cc1ccc(Cl)cc1)C(=O)Cc1ccccc1. The minimum atomic E-state index is -0.392. The first-order valence-corrected chi connectivity index (χ1v) is 8.51. The second-order valence-corrected chi connectivity index (χ2v) is 6.42. The third kappa shape index (κ3) is 5.91. The summed E-state index contributed by atoms with van der Waals surface area (Å²) in [5.41, 5.74) is 1.90. The molecule has 1 amide bonds. The van der Waals surface area contributed by atoms with Crippen molar-refractivity contribution < 1.29 is 14.3 Å². The van der Waals surface area contributed by atoms with Crippen molar-refractivity contribution in [2.75, 3.05) is 13.7 Å². The molecule has 0 N–H and O–H groups in total. The van der Waals surface area contributed by atoms with Gasteiger partial charge in [0, 0.05) is 18.1 Å². The van der Waals surface area contributed by atoms with E-state index in [9.17, 15) is 9.59 Å². The van der Waals surface area contributed by atoms with E-state index in [4.69, 9.17) is 16.3 Å². The van der Waals surface area contributed by atoms with Gasteiger partial charge in [-0.25, -0.2) is 0 Å². The topological polar surface area (TPSA) is 46.6 Å². The number of carbonyl (C=O) groups excluding carboxylic acids is 2. The fourth-order valence-corrected chi connectivity index (χ4v) is 2.68. The molecule has 2 aromatic carbocycles. The molecule has 0 aliphatic carbocycles. The van der Waals surface area contributed by atoms with E-state index in [1.807, 2.05) is 42.5 Å². The van der Waals surface area contributed by atoms with E-state index in [0.717, 1.165) is 11.1 Å². The molecule has 25 heavy (non-hydrogen) atoms. The lowest BCUT2D eigenvalue weighted by molar-refractivity contribution is -0.146. The van der Waals surface area contributed by atoms with Gasteiger partial charge in [0.15, 0.2) is 0 Å². The molecule has 0 fully saturated rings. The Morgan fingerprint density at radius 2 is 1.68 bits per heavy atom. The molecular weight excluding hydrogens is 338 g/mol. The van der Waals surface area contributed by atoms with Crippen molar-refractivity contribution in [2.45, 2.75) is 19.9 Å². The minimum Gasteiger partial charge on any atom is -0.469 e. The maximum atomic E-state index is 12.8. The Labute approximate surface area is 153 Å². The van der Waals surface area contributed by atoms with Crippen molar-refractivity contribution >= 4 is 23.5 Å². The number of hydrogen-bond acceptors (Lipinski definition) is 3. The lowest BCUT2D eigenvalue weighted by Crippen LogP contribution is -2.37. The Morgan fingerprint density at radius 3 is 2.28 bits per heavy atom. The molecule has 0 bridgehead atoms. The summed E-state index contributed by atoms with van der Waals surface area (Å²) >= 11 is 5.92. The molecule has 4 nitrogen and oxygen atoms in total. The molecule has 0 aromatic heterocycles. The van der Waals surface area contributed by atoms with Gasteiger partial charge in [0.25, 0.3) is 0 Å². The Hall–Kier alpha value is -2.33. The van der Waals surface area contributed by atoms with Crippen LogP contribution in [0.3, 0.4) is 0 Å². The van der Waals surface area contributed by atoms with Gasteiger partial charge in [-0.1, -0.05) is 61.0 Å². The zero-order chi connectivity index (χ0) is 18.2. The van der Waals surface area contributed by atoms with Crippen LogP contribution < -0.4 is 0 Å². The number of amides is 1. The van der Waals surface area contributed by atoms with E-state index in [0.29, 0.717) is 24.5 Å². The third-order valence-electron chi connectivity index (χ3n) is 3.94. The van der Waals surface area contributed by atoms with Crippen molar-refractivity contribution in [1.82, 2.24) is 4.90 Å². The predicted octanol–water partition coefficient (Wildman–Crippen LogP) is 3.72. The van der Waals surface area contributed by atoms with E-state index < -0.39 is 5.92 Å². The average molecular weight is 360 g/mol. The zero-order valence-electron chi connectivity index (χ0n) is 14.4. The molecule has 0 heterocycles. The Morgan fingerprint density at radius 1 is 1.04 bits per heavy atom. The van der Waals surface area contributed by atoms with Gasteiger partial charge < -0.3 is 9.64 Å². The van der Waals surface area contributed by atoms with Crippen LogP contribution in [0.5, 0.6) is 0 Å². The van der Waals surface area contributed by atoms with Crippen LogP contribution in [0, 0.1) is 5.92 Å². The highest BCUT2D eigenvalue weighted by Crippen LogP contribution is 2.14. The van der Waals surface area contributed by atoms with Crippen molar-refractivity contribution in [2.24, 2.45) is 5.92 Å². The molecule has 0 aliphatic heterocycles. The van der Waals surface area contributed by atoms with Gasteiger partial charge in [-0.05, 0) is 23.3 Å². The van der Waals surface area contributed by atoms with Crippen LogP contribution in [0.1, 0.15) is 18.1 Å². The summed E-state index contributed by atoms with van der Waals surface area (Å²) in [5.74, 6) is -0.748. The van der Waals surface area contributed by atoms with Gasteiger partial charge >= 0.3 is 5.97 Å². The maximum Gasteiger partial charge on any atom is 0.310 e. The molecule has 0 spiro atoms. The summed E-state index contributed by atoms with van der Waals surface area (Å²) in [5, 5.41) is 0.647. The second kappa shape index (κ2) is 9.23. The smallest absolute Gasteiger partial charge is 0.310 e. The summed E-state index contributed by atoms with van der Waals surface area (Å²) in [6.45, 7) is 2.49. The van der Waals surface area contributed by atoms with E-state index in [-0.39, 0.29) is 11.9 Å². The lowest BCUT2D eigenvalue weighted by atomic mass is 10.1. The van der Waals surface area contributed by atoms with Gasteiger partial charge in [0.2, 0.25) is 5.91 Å². The number of ether oxygens (including phenoxy) is 1. The van der Waals surface area contributed by atoms with E-state index in [2.05, 4.69) is 0 Å². The van der Waals surface area contributed by atoms with Gasteiger partial charge in [-0.3, -0.25) is 9.59 Å². The Bertz CT molecular complexity index is 701. The van der Waals surface area contributed by atoms with Crippen LogP contribution in [0.2, 0.25) is 5.02 Å².